The van der Waals surface area contributed by atoms with Crippen molar-refractivity contribution in [1.29, 1.82) is 0 Å². The van der Waals surface area contributed by atoms with Gasteiger partial charge < -0.3 is 15.0 Å². The predicted molar refractivity (Wildman–Crippen MR) is 76.4 cm³/mol. The second-order valence-corrected chi connectivity index (χ2v) is 6.13. The number of nitrogens with zero attached hydrogens (tertiary/aromatic N) is 2. The summed E-state index contributed by atoms with van der Waals surface area (Å²) in [4.78, 5) is 6.81. The highest BCUT2D eigenvalue weighted by Gasteiger charge is 2.33. The molecule has 4 nitrogen and oxygen atoms in total. The van der Waals surface area contributed by atoms with Crippen molar-refractivity contribution in [2.75, 3.05) is 37.7 Å². The van der Waals surface area contributed by atoms with Crippen molar-refractivity contribution in [2.24, 2.45) is 5.41 Å². The molecule has 3 rings (SSSR count). The predicted octanol–water partition coefficient (Wildman–Crippen LogP) is 1.68. The van der Waals surface area contributed by atoms with Crippen LogP contribution in [0.5, 0.6) is 0 Å². The molecule has 1 aromatic heterocycles. The Morgan fingerprint density at radius 1 is 1.37 bits per heavy atom. The van der Waals surface area contributed by atoms with Gasteiger partial charge in [-0.15, -0.1) is 0 Å². The van der Waals surface area contributed by atoms with Crippen molar-refractivity contribution in [3.63, 3.8) is 0 Å². The zero-order chi connectivity index (χ0) is 13.1. The van der Waals surface area contributed by atoms with Gasteiger partial charge in [0.1, 0.15) is 5.82 Å². The SMILES string of the molecule is CC1(CNC2CCN(c3ccccn3)CC2)COC1. The molecule has 3 heterocycles. The van der Waals surface area contributed by atoms with Crippen LogP contribution in [0.3, 0.4) is 0 Å². The minimum Gasteiger partial charge on any atom is -0.380 e. The second kappa shape index (κ2) is 5.47. The molecule has 2 saturated heterocycles. The molecule has 0 aromatic carbocycles. The Balaban J connectivity index is 1.44. The Bertz CT molecular complexity index is 397. The van der Waals surface area contributed by atoms with Gasteiger partial charge in [-0.1, -0.05) is 13.0 Å². The number of piperidine rings is 1. The zero-order valence-corrected chi connectivity index (χ0v) is 11.6. The zero-order valence-electron chi connectivity index (χ0n) is 11.6. The van der Waals surface area contributed by atoms with Gasteiger partial charge in [-0.25, -0.2) is 4.98 Å². The van der Waals surface area contributed by atoms with E-state index in [4.69, 9.17) is 4.74 Å². The van der Waals surface area contributed by atoms with Crippen LogP contribution in [0.2, 0.25) is 0 Å². The van der Waals surface area contributed by atoms with Gasteiger partial charge in [0.25, 0.3) is 0 Å². The topological polar surface area (TPSA) is 37.4 Å². The van der Waals surface area contributed by atoms with Gasteiger partial charge in [-0.3, -0.25) is 0 Å². The van der Waals surface area contributed by atoms with Crippen LogP contribution in [0.15, 0.2) is 24.4 Å². The fourth-order valence-electron chi connectivity index (χ4n) is 2.80. The summed E-state index contributed by atoms with van der Waals surface area (Å²) in [6, 6.07) is 6.78. The van der Waals surface area contributed by atoms with Crippen molar-refractivity contribution < 1.29 is 4.74 Å². The van der Waals surface area contributed by atoms with Crippen LogP contribution in [0.4, 0.5) is 5.82 Å². The van der Waals surface area contributed by atoms with E-state index in [0.29, 0.717) is 11.5 Å². The van der Waals surface area contributed by atoms with Crippen LogP contribution in [0.1, 0.15) is 19.8 Å². The highest BCUT2D eigenvalue weighted by Crippen LogP contribution is 2.26. The summed E-state index contributed by atoms with van der Waals surface area (Å²) in [5, 5.41) is 3.71. The van der Waals surface area contributed by atoms with Crippen molar-refractivity contribution in [3.05, 3.63) is 24.4 Å². The van der Waals surface area contributed by atoms with E-state index in [9.17, 15) is 0 Å². The first-order valence-corrected chi connectivity index (χ1v) is 7.22. The van der Waals surface area contributed by atoms with E-state index in [1.165, 1.54) is 12.8 Å². The van der Waals surface area contributed by atoms with E-state index < -0.39 is 0 Å². The van der Waals surface area contributed by atoms with Gasteiger partial charge in [0.15, 0.2) is 0 Å². The Kier molecular flexibility index (Phi) is 3.71. The lowest BCUT2D eigenvalue weighted by Gasteiger charge is -2.40. The van der Waals surface area contributed by atoms with Crippen LogP contribution >= 0.6 is 0 Å². The molecule has 2 fully saturated rings. The molecule has 0 atom stereocenters. The van der Waals surface area contributed by atoms with E-state index in [2.05, 4.69) is 34.3 Å². The highest BCUT2D eigenvalue weighted by atomic mass is 16.5. The molecule has 0 bridgehead atoms. The monoisotopic (exact) mass is 261 g/mol. The number of pyridine rings is 1. The van der Waals surface area contributed by atoms with Crippen molar-refractivity contribution >= 4 is 5.82 Å². The van der Waals surface area contributed by atoms with Crippen LogP contribution in [-0.4, -0.2) is 43.9 Å². The third-order valence-corrected chi connectivity index (χ3v) is 4.19. The smallest absolute Gasteiger partial charge is 0.128 e. The number of nitrogens with one attached hydrogen (secondary N) is 1. The minimum atomic E-state index is 0.373. The van der Waals surface area contributed by atoms with Crippen LogP contribution < -0.4 is 10.2 Å². The highest BCUT2D eigenvalue weighted by molar-refractivity contribution is 5.38. The maximum Gasteiger partial charge on any atom is 0.128 e. The molecule has 1 N–H and O–H groups in total. The Morgan fingerprint density at radius 2 is 2.16 bits per heavy atom. The fourth-order valence-corrected chi connectivity index (χ4v) is 2.80. The summed E-state index contributed by atoms with van der Waals surface area (Å²) >= 11 is 0. The largest absolute Gasteiger partial charge is 0.380 e. The molecule has 0 saturated carbocycles. The number of aromatic nitrogens is 1. The van der Waals surface area contributed by atoms with E-state index in [1.807, 2.05) is 12.3 Å². The third kappa shape index (κ3) is 3.07. The summed E-state index contributed by atoms with van der Waals surface area (Å²) in [7, 11) is 0. The molecule has 0 unspecified atom stereocenters. The van der Waals surface area contributed by atoms with Gasteiger partial charge in [-0.05, 0) is 25.0 Å². The molecule has 0 amide bonds. The molecule has 0 aliphatic carbocycles. The van der Waals surface area contributed by atoms with Crippen LogP contribution in [0, 0.1) is 5.41 Å². The number of ether oxygens (including phenoxy) is 1. The average Bonchev–Trinajstić information content (AvgIpc) is 2.45. The van der Waals surface area contributed by atoms with Gasteiger partial charge in [-0.2, -0.15) is 0 Å². The molecular weight excluding hydrogens is 238 g/mol. The van der Waals surface area contributed by atoms with Gasteiger partial charge in [0.2, 0.25) is 0 Å². The van der Waals surface area contributed by atoms with Crippen LogP contribution in [0.25, 0.3) is 0 Å². The lowest BCUT2D eigenvalue weighted by molar-refractivity contribution is -0.100. The summed E-state index contributed by atoms with van der Waals surface area (Å²) in [5.41, 5.74) is 0.373. The molecule has 104 valence electrons. The molecule has 0 spiro atoms. The van der Waals surface area contributed by atoms with Crippen molar-refractivity contribution in [2.45, 2.75) is 25.8 Å². The number of rotatable bonds is 4. The van der Waals surface area contributed by atoms with E-state index in [0.717, 1.165) is 38.7 Å². The molecule has 2 aliphatic heterocycles. The Morgan fingerprint density at radius 3 is 2.74 bits per heavy atom. The molecule has 19 heavy (non-hydrogen) atoms. The molecule has 2 aliphatic rings. The normalized spacial score (nSPS) is 23.1. The molecular formula is C15H23N3O. The summed E-state index contributed by atoms with van der Waals surface area (Å²) < 4.78 is 5.30. The van der Waals surface area contributed by atoms with Crippen molar-refractivity contribution in [1.82, 2.24) is 10.3 Å². The number of hydrogen-bond donors (Lipinski definition) is 1. The van der Waals surface area contributed by atoms with Gasteiger partial charge >= 0.3 is 0 Å². The second-order valence-electron chi connectivity index (χ2n) is 6.13. The number of anilines is 1. The lowest BCUT2D eigenvalue weighted by Crippen LogP contribution is -2.51. The first-order chi connectivity index (χ1) is 9.25. The summed E-state index contributed by atoms with van der Waals surface area (Å²) in [6.07, 6.45) is 4.28. The minimum absolute atomic E-state index is 0.373. The standard InChI is InChI=1S/C15H23N3O/c1-15(11-19-12-15)10-17-13-5-8-18(9-6-13)14-4-2-3-7-16-14/h2-4,7,13,17H,5-6,8-12H2,1H3. The first-order valence-electron chi connectivity index (χ1n) is 7.22. The molecule has 1 aromatic rings. The molecule has 0 radical (unpaired) electrons. The van der Waals surface area contributed by atoms with E-state index >= 15 is 0 Å². The third-order valence-electron chi connectivity index (χ3n) is 4.19. The van der Waals surface area contributed by atoms with Gasteiger partial charge in [0.05, 0.1) is 13.2 Å². The maximum absolute atomic E-state index is 5.30. The summed E-state index contributed by atoms with van der Waals surface area (Å²) in [5.74, 6) is 1.11. The Hall–Kier alpha value is -1.13. The lowest BCUT2D eigenvalue weighted by atomic mass is 9.88. The average molecular weight is 261 g/mol. The molecule has 4 heteroatoms. The summed E-state index contributed by atoms with van der Waals surface area (Å²) in [6.45, 7) is 7.40. The maximum atomic E-state index is 5.30. The van der Waals surface area contributed by atoms with E-state index in [1.54, 1.807) is 0 Å². The first kappa shape index (κ1) is 12.9. The van der Waals surface area contributed by atoms with Crippen LogP contribution in [-0.2, 0) is 4.74 Å². The number of hydrogen-bond acceptors (Lipinski definition) is 4. The van der Waals surface area contributed by atoms with Gasteiger partial charge in [0, 0.05) is 37.3 Å². The Labute approximate surface area is 115 Å². The fraction of sp³-hybridized carbons (Fsp3) is 0.667. The quantitative estimate of drug-likeness (QED) is 0.895. The van der Waals surface area contributed by atoms with Crippen molar-refractivity contribution in [3.8, 4) is 0 Å². The van der Waals surface area contributed by atoms with E-state index in [-0.39, 0.29) is 0 Å².